The van der Waals surface area contributed by atoms with E-state index in [1.165, 1.54) is 76.8 Å². The first kappa shape index (κ1) is 30.4. The fourth-order valence-electron chi connectivity index (χ4n) is 8.65. The van der Waals surface area contributed by atoms with Gasteiger partial charge >= 0.3 is 0 Å². The molecular formula is C51H37N. The van der Waals surface area contributed by atoms with Crippen LogP contribution < -0.4 is 4.90 Å². The summed E-state index contributed by atoms with van der Waals surface area (Å²) in [6, 6.07) is 69.2. The highest BCUT2D eigenvalue weighted by molar-refractivity contribution is 6.09. The van der Waals surface area contributed by atoms with Crippen molar-refractivity contribution in [1.82, 2.24) is 0 Å². The number of rotatable bonds is 5. The third-order valence-corrected chi connectivity index (χ3v) is 11.2. The summed E-state index contributed by atoms with van der Waals surface area (Å²) in [6.07, 6.45) is 0. The molecule has 0 aromatic heterocycles. The molecule has 0 atom stereocenters. The maximum atomic E-state index is 2.47. The van der Waals surface area contributed by atoms with E-state index in [1.54, 1.807) is 0 Å². The molecule has 0 spiro atoms. The Morgan fingerprint density at radius 3 is 1.71 bits per heavy atom. The Hall–Kier alpha value is -6.44. The number of anilines is 3. The average Bonchev–Trinajstić information content (AvgIpc) is 3.42. The Morgan fingerprint density at radius 2 is 0.904 bits per heavy atom. The minimum atomic E-state index is -0.0700. The van der Waals surface area contributed by atoms with E-state index < -0.39 is 0 Å². The summed E-state index contributed by atoms with van der Waals surface area (Å²) in [6.45, 7) is 4.73. The molecule has 1 aliphatic rings. The molecule has 0 saturated heterocycles. The molecule has 1 heteroatoms. The molecule has 0 bridgehead atoms. The molecule has 9 aromatic carbocycles. The summed E-state index contributed by atoms with van der Waals surface area (Å²) in [4.78, 5) is 2.39. The van der Waals surface area contributed by atoms with Gasteiger partial charge in [0.2, 0.25) is 0 Å². The number of para-hydroxylation sites is 1. The first-order chi connectivity index (χ1) is 25.5. The molecule has 0 aliphatic heterocycles. The predicted molar refractivity (Wildman–Crippen MR) is 222 cm³/mol. The predicted octanol–water partition coefficient (Wildman–Crippen LogP) is 14.3. The summed E-state index contributed by atoms with van der Waals surface area (Å²) in [5, 5.41) is 7.54. The molecule has 246 valence electrons. The Balaban J connectivity index is 1.16. The first-order valence-electron chi connectivity index (χ1n) is 18.2. The first-order valence-corrected chi connectivity index (χ1v) is 18.2. The molecule has 0 N–H and O–H groups in total. The van der Waals surface area contributed by atoms with Crippen molar-refractivity contribution in [3.8, 4) is 33.4 Å². The summed E-state index contributed by atoms with van der Waals surface area (Å²) < 4.78 is 0. The van der Waals surface area contributed by atoms with Crippen LogP contribution in [0.5, 0.6) is 0 Å². The maximum Gasteiger partial charge on any atom is 0.0474 e. The Bertz CT molecular complexity index is 2800. The van der Waals surface area contributed by atoms with Crippen molar-refractivity contribution in [1.29, 1.82) is 0 Å². The third-order valence-electron chi connectivity index (χ3n) is 11.2. The van der Waals surface area contributed by atoms with E-state index in [9.17, 15) is 0 Å². The van der Waals surface area contributed by atoms with Crippen LogP contribution in [0.2, 0.25) is 0 Å². The molecule has 0 amide bonds. The molecule has 0 heterocycles. The van der Waals surface area contributed by atoms with Crippen molar-refractivity contribution in [2.24, 2.45) is 0 Å². The number of nitrogens with zero attached hydrogens (tertiary/aromatic N) is 1. The van der Waals surface area contributed by atoms with Crippen LogP contribution in [-0.2, 0) is 5.41 Å². The lowest BCUT2D eigenvalue weighted by Gasteiger charge is -2.27. The van der Waals surface area contributed by atoms with E-state index in [1.807, 2.05) is 0 Å². The van der Waals surface area contributed by atoms with Crippen LogP contribution in [0.25, 0.3) is 65.7 Å². The highest BCUT2D eigenvalue weighted by Crippen LogP contribution is 2.51. The number of fused-ring (bicyclic) bond motifs is 6. The lowest BCUT2D eigenvalue weighted by Crippen LogP contribution is -2.14. The van der Waals surface area contributed by atoms with Crippen LogP contribution in [0.15, 0.2) is 188 Å². The second kappa shape index (κ2) is 11.8. The van der Waals surface area contributed by atoms with Crippen LogP contribution in [0, 0.1) is 0 Å². The second-order valence-electron chi connectivity index (χ2n) is 14.6. The summed E-state index contributed by atoms with van der Waals surface area (Å²) in [5.41, 5.74) is 13.7. The largest absolute Gasteiger partial charge is 0.310 e. The molecule has 52 heavy (non-hydrogen) atoms. The van der Waals surface area contributed by atoms with Gasteiger partial charge < -0.3 is 4.90 Å². The quantitative estimate of drug-likeness (QED) is 0.177. The van der Waals surface area contributed by atoms with Crippen molar-refractivity contribution < 1.29 is 0 Å². The lowest BCUT2D eigenvalue weighted by atomic mass is 9.81. The highest BCUT2D eigenvalue weighted by atomic mass is 15.1. The van der Waals surface area contributed by atoms with Gasteiger partial charge in [0.05, 0.1) is 0 Å². The Morgan fingerprint density at radius 1 is 0.327 bits per heavy atom. The number of hydrogen-bond acceptors (Lipinski definition) is 1. The number of benzene rings is 9. The highest BCUT2D eigenvalue weighted by Gasteiger charge is 2.35. The average molecular weight is 664 g/mol. The molecule has 1 aliphatic carbocycles. The van der Waals surface area contributed by atoms with E-state index in [-0.39, 0.29) is 5.41 Å². The maximum absolute atomic E-state index is 2.47. The zero-order chi connectivity index (χ0) is 34.8. The molecule has 0 radical (unpaired) electrons. The van der Waals surface area contributed by atoms with Crippen LogP contribution in [0.4, 0.5) is 17.1 Å². The lowest BCUT2D eigenvalue weighted by molar-refractivity contribution is 0.661. The van der Waals surface area contributed by atoms with Crippen molar-refractivity contribution >= 4 is 49.4 Å². The van der Waals surface area contributed by atoms with E-state index in [0.29, 0.717) is 0 Å². The van der Waals surface area contributed by atoms with Crippen LogP contribution in [-0.4, -0.2) is 0 Å². The Kier molecular flexibility index (Phi) is 6.91. The van der Waals surface area contributed by atoms with E-state index >= 15 is 0 Å². The van der Waals surface area contributed by atoms with Gasteiger partial charge in [-0.2, -0.15) is 0 Å². The van der Waals surface area contributed by atoms with Gasteiger partial charge in [-0.05, 0) is 125 Å². The van der Waals surface area contributed by atoms with Gasteiger partial charge in [-0.15, -0.1) is 0 Å². The molecule has 0 unspecified atom stereocenters. The number of hydrogen-bond donors (Lipinski definition) is 0. The summed E-state index contributed by atoms with van der Waals surface area (Å²) >= 11 is 0. The van der Waals surface area contributed by atoms with Crippen molar-refractivity contribution in [2.45, 2.75) is 19.3 Å². The normalized spacial score (nSPS) is 13.0. The standard InChI is InChI=1S/C51H37N/c1-51(2)49-25-11-10-22-45(49)48-31-37-17-13-24-44(46(37)33-50(48)51)47-32-40(30-36-15-7-9-21-43(36)47)52(38-18-4-3-5-19-38)39-28-26-35(27-29-39)42-23-12-16-34-14-6-8-20-41(34)42/h3-33H,1-2H3. The van der Waals surface area contributed by atoms with E-state index in [4.69, 9.17) is 0 Å². The van der Waals surface area contributed by atoms with Crippen LogP contribution in [0.3, 0.4) is 0 Å². The minimum absolute atomic E-state index is 0.0700. The van der Waals surface area contributed by atoms with Gasteiger partial charge in [-0.25, -0.2) is 0 Å². The van der Waals surface area contributed by atoms with Crippen molar-refractivity contribution in [3.05, 3.63) is 199 Å². The summed E-state index contributed by atoms with van der Waals surface area (Å²) in [5.74, 6) is 0. The fourth-order valence-corrected chi connectivity index (χ4v) is 8.65. The molecule has 0 saturated carbocycles. The minimum Gasteiger partial charge on any atom is -0.310 e. The molecular weight excluding hydrogens is 627 g/mol. The zero-order valence-electron chi connectivity index (χ0n) is 29.3. The summed E-state index contributed by atoms with van der Waals surface area (Å²) in [7, 11) is 0. The molecule has 10 rings (SSSR count). The van der Waals surface area contributed by atoms with Gasteiger partial charge in [-0.3, -0.25) is 0 Å². The van der Waals surface area contributed by atoms with Crippen LogP contribution in [0.1, 0.15) is 25.0 Å². The van der Waals surface area contributed by atoms with E-state index in [0.717, 1.165) is 17.1 Å². The van der Waals surface area contributed by atoms with Gasteiger partial charge in [0.1, 0.15) is 0 Å². The van der Waals surface area contributed by atoms with Crippen molar-refractivity contribution in [2.75, 3.05) is 4.90 Å². The monoisotopic (exact) mass is 663 g/mol. The topological polar surface area (TPSA) is 3.24 Å². The van der Waals surface area contributed by atoms with Gasteiger partial charge in [0.15, 0.2) is 0 Å². The van der Waals surface area contributed by atoms with Crippen LogP contribution >= 0.6 is 0 Å². The SMILES string of the molecule is CC1(C)c2ccccc2-c2cc3cccc(-c4cc(N(c5ccccc5)c5ccc(-c6cccc7ccccc67)cc5)cc5ccccc45)c3cc21. The Labute approximate surface area is 305 Å². The van der Waals surface area contributed by atoms with E-state index in [2.05, 4.69) is 207 Å². The third kappa shape index (κ3) is 4.77. The molecule has 9 aromatic rings. The fraction of sp³-hybridized carbons (Fsp3) is 0.0588. The molecule has 0 fully saturated rings. The smallest absolute Gasteiger partial charge is 0.0474 e. The van der Waals surface area contributed by atoms with Gasteiger partial charge in [0, 0.05) is 22.5 Å². The van der Waals surface area contributed by atoms with Crippen molar-refractivity contribution in [3.63, 3.8) is 0 Å². The second-order valence-corrected chi connectivity index (χ2v) is 14.6. The zero-order valence-corrected chi connectivity index (χ0v) is 29.3. The van der Waals surface area contributed by atoms with Gasteiger partial charge in [0.25, 0.3) is 0 Å². The van der Waals surface area contributed by atoms with Gasteiger partial charge in [-0.1, -0.05) is 153 Å². The molecule has 1 nitrogen and oxygen atoms in total.